The average molecular weight is 407 g/mol. The second-order valence-electron chi connectivity index (χ2n) is 4.06. The first-order chi connectivity index (χ1) is 9.51. The maximum Gasteiger partial charge on any atom is 0.149 e. The maximum absolute atomic E-state index is 13.6. The fourth-order valence-electron chi connectivity index (χ4n) is 1.66. The number of anilines is 1. The van der Waals surface area contributed by atoms with Gasteiger partial charge in [0.25, 0.3) is 0 Å². The van der Waals surface area contributed by atoms with Crippen molar-refractivity contribution in [3.8, 4) is 5.75 Å². The van der Waals surface area contributed by atoms with Gasteiger partial charge in [-0.1, -0.05) is 15.9 Å². The molecule has 0 saturated heterocycles. The monoisotopic (exact) mass is 405 g/mol. The second-order valence-corrected chi connectivity index (χ2v) is 5.77. The molecule has 0 amide bonds. The minimum Gasteiger partial charge on any atom is -0.497 e. The van der Waals surface area contributed by atoms with Gasteiger partial charge in [0.15, 0.2) is 0 Å². The Hall–Kier alpha value is -1.14. The summed E-state index contributed by atoms with van der Waals surface area (Å²) in [4.78, 5) is 0. The van der Waals surface area contributed by atoms with Crippen LogP contribution in [0.3, 0.4) is 0 Å². The third-order valence-corrected chi connectivity index (χ3v) is 4.11. The molecule has 1 N–H and O–H groups in total. The zero-order valence-corrected chi connectivity index (χ0v) is 13.7. The Balaban J connectivity index is 2.18. The van der Waals surface area contributed by atoms with E-state index in [9.17, 15) is 8.78 Å². The van der Waals surface area contributed by atoms with Gasteiger partial charge in [-0.05, 0) is 45.8 Å². The maximum atomic E-state index is 13.6. The van der Waals surface area contributed by atoms with Crippen LogP contribution < -0.4 is 10.1 Å². The van der Waals surface area contributed by atoms with E-state index < -0.39 is 11.6 Å². The molecule has 2 rings (SSSR count). The Kier molecular flexibility index (Phi) is 4.99. The zero-order valence-electron chi connectivity index (χ0n) is 10.5. The molecule has 0 aliphatic rings. The molecule has 0 radical (unpaired) electrons. The van der Waals surface area contributed by atoms with E-state index in [0.29, 0.717) is 12.3 Å². The van der Waals surface area contributed by atoms with Gasteiger partial charge < -0.3 is 10.1 Å². The normalized spacial score (nSPS) is 10.4. The SMILES string of the molecule is COc1ccc(Br)c(CNc2cc(Br)c(F)cc2F)c1. The van der Waals surface area contributed by atoms with Crippen LogP contribution in [0.1, 0.15) is 5.56 Å². The summed E-state index contributed by atoms with van der Waals surface area (Å²) in [5.41, 5.74) is 1.14. The van der Waals surface area contributed by atoms with Crippen LogP contribution in [0.5, 0.6) is 5.75 Å². The predicted molar refractivity (Wildman–Crippen MR) is 82.1 cm³/mol. The third-order valence-electron chi connectivity index (χ3n) is 2.73. The Morgan fingerprint density at radius 2 is 1.80 bits per heavy atom. The highest BCUT2D eigenvalue weighted by Crippen LogP contribution is 2.26. The quantitative estimate of drug-likeness (QED) is 0.712. The molecule has 2 aromatic carbocycles. The van der Waals surface area contributed by atoms with Crippen LogP contribution in [0.4, 0.5) is 14.5 Å². The van der Waals surface area contributed by atoms with Crippen molar-refractivity contribution >= 4 is 37.5 Å². The number of halogens is 4. The smallest absolute Gasteiger partial charge is 0.149 e. The zero-order chi connectivity index (χ0) is 14.7. The molecule has 0 heterocycles. The van der Waals surface area contributed by atoms with Crippen molar-refractivity contribution < 1.29 is 13.5 Å². The van der Waals surface area contributed by atoms with E-state index in [1.54, 1.807) is 7.11 Å². The van der Waals surface area contributed by atoms with Crippen molar-refractivity contribution in [2.24, 2.45) is 0 Å². The molecule has 106 valence electrons. The highest BCUT2D eigenvalue weighted by molar-refractivity contribution is 9.10. The Labute approximate surface area is 132 Å². The lowest BCUT2D eigenvalue weighted by Gasteiger charge is -2.11. The summed E-state index contributed by atoms with van der Waals surface area (Å²) in [7, 11) is 1.58. The first kappa shape index (κ1) is 15.3. The van der Waals surface area contributed by atoms with E-state index in [1.165, 1.54) is 6.07 Å². The molecular formula is C14H11Br2F2NO. The summed E-state index contributed by atoms with van der Waals surface area (Å²) in [5.74, 6) is -0.550. The van der Waals surface area contributed by atoms with Crippen molar-refractivity contribution in [2.45, 2.75) is 6.54 Å². The van der Waals surface area contributed by atoms with E-state index in [4.69, 9.17) is 4.74 Å². The molecule has 0 fully saturated rings. The van der Waals surface area contributed by atoms with Crippen molar-refractivity contribution in [3.63, 3.8) is 0 Å². The number of methoxy groups -OCH3 is 1. The van der Waals surface area contributed by atoms with Gasteiger partial charge in [0.1, 0.15) is 17.4 Å². The molecule has 0 aromatic heterocycles. The summed E-state index contributed by atoms with van der Waals surface area (Å²) >= 11 is 6.45. The minimum atomic E-state index is -0.635. The minimum absolute atomic E-state index is 0.214. The average Bonchev–Trinajstić information content (AvgIpc) is 2.43. The second kappa shape index (κ2) is 6.54. The lowest BCUT2D eigenvalue weighted by atomic mass is 10.2. The van der Waals surface area contributed by atoms with E-state index >= 15 is 0 Å². The molecule has 0 bridgehead atoms. The van der Waals surface area contributed by atoms with Gasteiger partial charge in [-0.2, -0.15) is 0 Å². The van der Waals surface area contributed by atoms with Crippen LogP contribution in [0, 0.1) is 11.6 Å². The molecule has 0 unspecified atom stereocenters. The van der Waals surface area contributed by atoms with Gasteiger partial charge in [0.05, 0.1) is 17.3 Å². The van der Waals surface area contributed by atoms with E-state index in [1.807, 2.05) is 18.2 Å². The molecule has 0 spiro atoms. The fourth-order valence-corrected chi connectivity index (χ4v) is 2.39. The summed E-state index contributed by atoms with van der Waals surface area (Å²) in [6.07, 6.45) is 0. The van der Waals surface area contributed by atoms with Crippen LogP contribution in [-0.4, -0.2) is 7.11 Å². The van der Waals surface area contributed by atoms with Gasteiger partial charge in [-0.15, -0.1) is 0 Å². The largest absolute Gasteiger partial charge is 0.497 e. The first-order valence-electron chi connectivity index (χ1n) is 5.72. The van der Waals surface area contributed by atoms with Crippen molar-refractivity contribution in [2.75, 3.05) is 12.4 Å². The number of hydrogen-bond donors (Lipinski definition) is 1. The number of hydrogen-bond acceptors (Lipinski definition) is 2. The van der Waals surface area contributed by atoms with Crippen molar-refractivity contribution in [1.29, 1.82) is 0 Å². The van der Waals surface area contributed by atoms with E-state index in [0.717, 1.165) is 16.1 Å². The molecule has 6 heteroatoms. The molecule has 0 saturated carbocycles. The summed E-state index contributed by atoms with van der Waals surface area (Å²) in [6.45, 7) is 0.382. The van der Waals surface area contributed by atoms with Crippen molar-refractivity contribution in [1.82, 2.24) is 0 Å². The molecule has 0 aliphatic heterocycles. The van der Waals surface area contributed by atoms with E-state index in [-0.39, 0.29) is 10.2 Å². The lowest BCUT2D eigenvalue weighted by Crippen LogP contribution is -2.03. The molecule has 2 aromatic rings. The molecule has 0 aliphatic carbocycles. The van der Waals surface area contributed by atoms with Gasteiger partial charge in [0.2, 0.25) is 0 Å². The lowest BCUT2D eigenvalue weighted by molar-refractivity contribution is 0.414. The predicted octanol–water partition coefficient (Wildman–Crippen LogP) is 5.11. The van der Waals surface area contributed by atoms with Gasteiger partial charge >= 0.3 is 0 Å². The number of benzene rings is 2. The standard InChI is InChI=1S/C14H11Br2F2NO/c1-20-9-2-3-10(15)8(4-9)7-19-14-5-11(16)12(17)6-13(14)18/h2-6,19H,7H2,1H3. The Bertz CT molecular complexity index is 635. The van der Waals surface area contributed by atoms with Gasteiger partial charge in [-0.3, -0.25) is 0 Å². The van der Waals surface area contributed by atoms with Crippen LogP contribution in [-0.2, 0) is 6.54 Å². The van der Waals surface area contributed by atoms with E-state index in [2.05, 4.69) is 37.2 Å². The molecular weight excluding hydrogens is 396 g/mol. The number of ether oxygens (including phenoxy) is 1. The van der Waals surface area contributed by atoms with Crippen LogP contribution in [0.15, 0.2) is 39.3 Å². The molecule has 0 atom stereocenters. The number of rotatable bonds is 4. The fraction of sp³-hybridized carbons (Fsp3) is 0.143. The highest BCUT2D eigenvalue weighted by Gasteiger charge is 2.09. The Morgan fingerprint density at radius 1 is 1.05 bits per heavy atom. The van der Waals surface area contributed by atoms with Gasteiger partial charge in [-0.25, -0.2) is 8.78 Å². The van der Waals surface area contributed by atoms with Crippen LogP contribution in [0.25, 0.3) is 0 Å². The van der Waals surface area contributed by atoms with Crippen LogP contribution in [0.2, 0.25) is 0 Å². The van der Waals surface area contributed by atoms with Crippen molar-refractivity contribution in [3.05, 3.63) is 56.5 Å². The molecule has 20 heavy (non-hydrogen) atoms. The van der Waals surface area contributed by atoms with Crippen LogP contribution >= 0.6 is 31.9 Å². The Morgan fingerprint density at radius 3 is 2.50 bits per heavy atom. The summed E-state index contributed by atoms with van der Waals surface area (Å²) in [6, 6.07) is 7.73. The first-order valence-corrected chi connectivity index (χ1v) is 7.30. The molecule has 2 nitrogen and oxygen atoms in total. The third kappa shape index (κ3) is 3.49. The highest BCUT2D eigenvalue weighted by atomic mass is 79.9. The summed E-state index contributed by atoms with van der Waals surface area (Å²) in [5, 5.41) is 2.93. The van der Waals surface area contributed by atoms with Gasteiger partial charge in [0, 0.05) is 17.1 Å². The summed E-state index contributed by atoms with van der Waals surface area (Å²) < 4.78 is 33.0. The number of nitrogens with one attached hydrogen (secondary N) is 1. The topological polar surface area (TPSA) is 21.3 Å².